The lowest BCUT2D eigenvalue weighted by Crippen LogP contribution is -2.60. The van der Waals surface area contributed by atoms with Crippen molar-refractivity contribution in [2.24, 2.45) is 0 Å². The molecule has 1 aliphatic carbocycles. The highest BCUT2D eigenvalue weighted by molar-refractivity contribution is 5.48. The molecule has 3 atom stereocenters. The Morgan fingerprint density at radius 3 is 2.85 bits per heavy atom. The first-order valence-corrected chi connectivity index (χ1v) is 6.77. The smallest absolute Gasteiger partial charge is 0.311 e. The zero-order chi connectivity index (χ0) is 14.7. The normalized spacial score (nSPS) is 25.1. The minimum Gasteiger partial charge on any atom is -0.481 e. The molecule has 3 unspecified atom stereocenters. The van der Waals surface area contributed by atoms with Gasteiger partial charge in [0.1, 0.15) is 12.2 Å². The fourth-order valence-electron chi connectivity index (χ4n) is 2.43. The van der Waals surface area contributed by atoms with Crippen molar-refractivity contribution in [2.45, 2.75) is 38.5 Å². The number of nitro benzene ring substituents is 1. The molecule has 6 nitrogen and oxygen atoms in total. The maximum atomic E-state index is 11.1. The Morgan fingerprint density at radius 1 is 1.50 bits per heavy atom. The summed E-state index contributed by atoms with van der Waals surface area (Å²) in [6.07, 6.45) is 0.575. The maximum Gasteiger partial charge on any atom is 0.311 e. The summed E-state index contributed by atoms with van der Waals surface area (Å²) in [4.78, 5) is 10.7. The Bertz CT molecular complexity index is 492. The molecule has 0 spiro atoms. The minimum absolute atomic E-state index is 0.00755. The van der Waals surface area contributed by atoms with Crippen LogP contribution in [-0.4, -0.2) is 36.8 Å². The second kappa shape index (κ2) is 6.19. The molecule has 0 radical (unpaired) electrons. The van der Waals surface area contributed by atoms with Gasteiger partial charge in [0.15, 0.2) is 5.75 Å². The van der Waals surface area contributed by atoms with E-state index in [2.05, 4.69) is 5.32 Å². The summed E-state index contributed by atoms with van der Waals surface area (Å²) in [6, 6.07) is 5.23. The maximum absolute atomic E-state index is 11.1. The lowest BCUT2D eigenvalue weighted by Gasteiger charge is -2.43. The predicted molar refractivity (Wildman–Crippen MR) is 75.1 cm³/mol. The monoisotopic (exact) mass is 280 g/mol. The number of benzene rings is 1. The number of nitro groups is 1. The number of nitrogens with zero attached hydrogens (tertiary/aromatic N) is 1. The third-order valence-electron chi connectivity index (χ3n) is 3.57. The summed E-state index contributed by atoms with van der Waals surface area (Å²) in [5, 5.41) is 14.2. The molecule has 0 heterocycles. The molecule has 0 aromatic heterocycles. The van der Waals surface area contributed by atoms with E-state index < -0.39 is 4.92 Å². The van der Waals surface area contributed by atoms with Crippen molar-refractivity contribution in [3.05, 3.63) is 33.9 Å². The standard InChI is InChI=1S/C14H20N2O4/c1-4-19-14-10(15-3)8-13(14)20-12-6-5-9(2)7-11(12)16(17)18/h5-7,10,13-15H,4,8H2,1-3H3. The molecule has 0 amide bonds. The van der Waals surface area contributed by atoms with E-state index in [1.165, 1.54) is 6.07 Å². The van der Waals surface area contributed by atoms with Gasteiger partial charge in [-0.2, -0.15) is 0 Å². The van der Waals surface area contributed by atoms with Crippen molar-refractivity contribution >= 4 is 5.69 Å². The quantitative estimate of drug-likeness (QED) is 0.637. The highest BCUT2D eigenvalue weighted by Crippen LogP contribution is 2.34. The summed E-state index contributed by atoms with van der Waals surface area (Å²) >= 11 is 0. The van der Waals surface area contributed by atoms with Crippen LogP contribution < -0.4 is 10.1 Å². The van der Waals surface area contributed by atoms with Crippen LogP contribution in [-0.2, 0) is 4.74 Å². The van der Waals surface area contributed by atoms with Crippen molar-refractivity contribution in [2.75, 3.05) is 13.7 Å². The van der Waals surface area contributed by atoms with Gasteiger partial charge in [0.05, 0.1) is 4.92 Å². The second-order valence-corrected chi connectivity index (χ2v) is 4.94. The van der Waals surface area contributed by atoms with Crippen LogP contribution in [0.5, 0.6) is 5.75 Å². The number of aryl methyl sites for hydroxylation is 1. The first-order valence-electron chi connectivity index (χ1n) is 6.77. The molecule has 20 heavy (non-hydrogen) atoms. The van der Waals surface area contributed by atoms with E-state index in [1.807, 2.05) is 27.0 Å². The van der Waals surface area contributed by atoms with Crippen molar-refractivity contribution in [3.8, 4) is 5.75 Å². The Balaban J connectivity index is 2.12. The van der Waals surface area contributed by atoms with E-state index >= 15 is 0 Å². The largest absolute Gasteiger partial charge is 0.481 e. The third kappa shape index (κ3) is 2.91. The van der Waals surface area contributed by atoms with Crippen LogP contribution >= 0.6 is 0 Å². The van der Waals surface area contributed by atoms with Gasteiger partial charge in [-0.1, -0.05) is 6.07 Å². The van der Waals surface area contributed by atoms with E-state index in [1.54, 1.807) is 6.07 Å². The third-order valence-corrected chi connectivity index (χ3v) is 3.57. The lowest BCUT2D eigenvalue weighted by atomic mass is 9.85. The van der Waals surface area contributed by atoms with Crippen LogP contribution in [0.1, 0.15) is 18.9 Å². The number of hydrogen-bond donors (Lipinski definition) is 1. The average molecular weight is 280 g/mol. The van der Waals surface area contributed by atoms with Gasteiger partial charge >= 0.3 is 5.69 Å². The molecule has 0 bridgehead atoms. The molecule has 1 aromatic carbocycles. The molecular weight excluding hydrogens is 260 g/mol. The average Bonchev–Trinajstić information content (AvgIpc) is 2.41. The van der Waals surface area contributed by atoms with Crippen LogP contribution in [0.3, 0.4) is 0 Å². The molecule has 0 aliphatic heterocycles. The molecule has 1 fully saturated rings. The van der Waals surface area contributed by atoms with Gasteiger partial charge in [0.2, 0.25) is 0 Å². The Hall–Kier alpha value is -1.66. The van der Waals surface area contributed by atoms with Gasteiger partial charge in [-0.3, -0.25) is 10.1 Å². The Labute approximate surface area is 118 Å². The van der Waals surface area contributed by atoms with Crippen LogP contribution in [0.2, 0.25) is 0 Å². The first kappa shape index (κ1) is 14.7. The van der Waals surface area contributed by atoms with Gasteiger partial charge in [-0.05, 0) is 32.5 Å². The van der Waals surface area contributed by atoms with Gasteiger partial charge in [-0.25, -0.2) is 0 Å². The van der Waals surface area contributed by atoms with E-state index in [0.29, 0.717) is 12.4 Å². The van der Waals surface area contributed by atoms with Crippen molar-refractivity contribution in [1.82, 2.24) is 5.32 Å². The zero-order valence-electron chi connectivity index (χ0n) is 12.0. The summed E-state index contributed by atoms with van der Waals surface area (Å²) in [5.74, 6) is 0.310. The molecule has 1 aliphatic rings. The molecule has 1 saturated carbocycles. The molecule has 1 N–H and O–H groups in total. The molecule has 1 aromatic rings. The van der Waals surface area contributed by atoms with Gasteiger partial charge < -0.3 is 14.8 Å². The second-order valence-electron chi connectivity index (χ2n) is 4.94. The van der Waals surface area contributed by atoms with Crippen molar-refractivity contribution in [1.29, 1.82) is 0 Å². The summed E-state index contributed by atoms with van der Waals surface area (Å²) < 4.78 is 11.4. The van der Waals surface area contributed by atoms with Crippen molar-refractivity contribution < 1.29 is 14.4 Å². The summed E-state index contributed by atoms with van der Waals surface area (Å²) in [6.45, 7) is 4.34. The molecule has 110 valence electrons. The van der Waals surface area contributed by atoms with Crippen LogP contribution in [0, 0.1) is 17.0 Å². The highest BCUT2D eigenvalue weighted by atomic mass is 16.6. The van der Waals surface area contributed by atoms with Crippen LogP contribution in [0.4, 0.5) is 5.69 Å². The number of likely N-dealkylation sites (N-methyl/N-ethyl adjacent to an activating group) is 1. The van der Waals surface area contributed by atoms with Gasteiger partial charge in [0, 0.05) is 25.1 Å². The SMILES string of the molecule is CCOC1C(NC)CC1Oc1ccc(C)cc1[N+](=O)[O-]. The topological polar surface area (TPSA) is 73.6 Å². The Kier molecular flexibility index (Phi) is 4.57. The van der Waals surface area contributed by atoms with Gasteiger partial charge in [-0.15, -0.1) is 0 Å². The van der Waals surface area contributed by atoms with Crippen LogP contribution in [0.25, 0.3) is 0 Å². The van der Waals surface area contributed by atoms with Crippen LogP contribution in [0.15, 0.2) is 18.2 Å². The number of ether oxygens (including phenoxy) is 2. The number of hydrogen-bond acceptors (Lipinski definition) is 5. The molecule has 2 rings (SSSR count). The number of nitrogens with one attached hydrogen (secondary N) is 1. The fourth-order valence-corrected chi connectivity index (χ4v) is 2.43. The first-order chi connectivity index (χ1) is 9.56. The van der Waals surface area contributed by atoms with E-state index in [4.69, 9.17) is 9.47 Å². The molecule has 6 heteroatoms. The predicted octanol–water partition coefficient (Wildman–Crippen LogP) is 2.05. The fraction of sp³-hybridized carbons (Fsp3) is 0.571. The molecule has 0 saturated heterocycles. The minimum atomic E-state index is -0.410. The zero-order valence-corrected chi connectivity index (χ0v) is 12.0. The van der Waals surface area contributed by atoms with Crippen molar-refractivity contribution in [3.63, 3.8) is 0 Å². The lowest BCUT2D eigenvalue weighted by molar-refractivity contribution is -0.386. The highest BCUT2D eigenvalue weighted by Gasteiger charge is 2.43. The summed E-state index contributed by atoms with van der Waals surface area (Å²) in [5.41, 5.74) is 0.847. The van der Waals surface area contributed by atoms with E-state index in [0.717, 1.165) is 12.0 Å². The Morgan fingerprint density at radius 2 is 2.25 bits per heavy atom. The van der Waals surface area contributed by atoms with E-state index in [-0.39, 0.29) is 23.9 Å². The van der Waals surface area contributed by atoms with Gasteiger partial charge in [0.25, 0.3) is 0 Å². The summed E-state index contributed by atoms with van der Waals surface area (Å²) in [7, 11) is 1.88. The number of rotatable bonds is 6. The molecular formula is C14H20N2O4. The van der Waals surface area contributed by atoms with E-state index in [9.17, 15) is 10.1 Å².